The van der Waals surface area contributed by atoms with Gasteiger partial charge in [0.15, 0.2) is 0 Å². The summed E-state index contributed by atoms with van der Waals surface area (Å²) in [5.41, 5.74) is 2.85. The fourth-order valence-corrected chi connectivity index (χ4v) is 2.82. The summed E-state index contributed by atoms with van der Waals surface area (Å²) in [6.07, 6.45) is 14.3. The third-order valence-electron chi connectivity index (χ3n) is 4.28. The standard InChI is InChI=1S/C17H32N2/c1-5-7-9-10-11-13-16(12-8-6-2)17-14-18-19(4)15(17)3/h14,16H,5-13H2,1-4H3. The lowest BCUT2D eigenvalue weighted by molar-refractivity contribution is 0.502. The van der Waals surface area contributed by atoms with Gasteiger partial charge in [-0.3, -0.25) is 4.68 Å². The minimum Gasteiger partial charge on any atom is -0.273 e. The van der Waals surface area contributed by atoms with Crippen molar-refractivity contribution in [3.63, 3.8) is 0 Å². The number of nitrogens with zero attached hydrogens (tertiary/aromatic N) is 2. The van der Waals surface area contributed by atoms with Crippen LogP contribution in [0.25, 0.3) is 0 Å². The van der Waals surface area contributed by atoms with Gasteiger partial charge in [0.25, 0.3) is 0 Å². The molecule has 1 heterocycles. The lowest BCUT2D eigenvalue weighted by atomic mass is 9.89. The molecule has 0 N–H and O–H groups in total. The summed E-state index contributed by atoms with van der Waals surface area (Å²) in [6, 6.07) is 0. The van der Waals surface area contributed by atoms with Gasteiger partial charge in [0.2, 0.25) is 0 Å². The lowest BCUT2D eigenvalue weighted by Crippen LogP contribution is -2.02. The average Bonchev–Trinajstić information content (AvgIpc) is 2.74. The molecule has 19 heavy (non-hydrogen) atoms. The van der Waals surface area contributed by atoms with E-state index in [9.17, 15) is 0 Å². The molecule has 0 aromatic carbocycles. The first-order chi connectivity index (χ1) is 9.20. The number of rotatable bonds is 10. The molecule has 1 rings (SSSR count). The molecule has 2 heteroatoms. The Morgan fingerprint density at radius 3 is 2.21 bits per heavy atom. The van der Waals surface area contributed by atoms with Crippen molar-refractivity contribution in [2.75, 3.05) is 0 Å². The number of unbranched alkanes of at least 4 members (excludes halogenated alkanes) is 5. The van der Waals surface area contributed by atoms with Crippen molar-refractivity contribution in [2.45, 2.75) is 84.5 Å². The van der Waals surface area contributed by atoms with Crippen LogP contribution < -0.4 is 0 Å². The van der Waals surface area contributed by atoms with E-state index in [1.165, 1.54) is 69.0 Å². The molecule has 0 spiro atoms. The minimum absolute atomic E-state index is 0.732. The highest BCUT2D eigenvalue weighted by Gasteiger charge is 2.15. The van der Waals surface area contributed by atoms with Gasteiger partial charge in [0.05, 0.1) is 6.20 Å². The zero-order valence-corrected chi connectivity index (χ0v) is 13.4. The highest BCUT2D eigenvalue weighted by Crippen LogP contribution is 2.30. The van der Waals surface area contributed by atoms with Crippen LogP contribution in [-0.4, -0.2) is 9.78 Å². The van der Waals surface area contributed by atoms with Crippen LogP contribution in [0.15, 0.2) is 6.20 Å². The van der Waals surface area contributed by atoms with Crippen molar-refractivity contribution < 1.29 is 0 Å². The van der Waals surface area contributed by atoms with Gasteiger partial charge in [-0.15, -0.1) is 0 Å². The van der Waals surface area contributed by atoms with Crippen molar-refractivity contribution in [2.24, 2.45) is 7.05 Å². The molecule has 0 aliphatic carbocycles. The lowest BCUT2D eigenvalue weighted by Gasteiger charge is -2.16. The van der Waals surface area contributed by atoms with Crippen LogP contribution in [0.4, 0.5) is 0 Å². The second-order valence-electron chi connectivity index (χ2n) is 5.85. The fraction of sp³-hybridized carbons (Fsp3) is 0.824. The monoisotopic (exact) mass is 264 g/mol. The predicted molar refractivity (Wildman–Crippen MR) is 83.6 cm³/mol. The van der Waals surface area contributed by atoms with E-state index in [1.807, 2.05) is 4.68 Å². The zero-order chi connectivity index (χ0) is 14.1. The summed E-state index contributed by atoms with van der Waals surface area (Å²) in [5.74, 6) is 0.732. The van der Waals surface area contributed by atoms with Crippen molar-refractivity contribution >= 4 is 0 Å². The molecule has 110 valence electrons. The average molecular weight is 264 g/mol. The Morgan fingerprint density at radius 1 is 1.00 bits per heavy atom. The summed E-state index contributed by atoms with van der Waals surface area (Å²) < 4.78 is 2.02. The quantitative estimate of drug-likeness (QED) is 0.520. The van der Waals surface area contributed by atoms with E-state index < -0.39 is 0 Å². The van der Waals surface area contributed by atoms with Crippen LogP contribution in [0.1, 0.15) is 88.8 Å². The predicted octanol–water partition coefficient (Wildman–Crippen LogP) is 5.36. The maximum atomic E-state index is 4.42. The molecule has 1 aromatic rings. The van der Waals surface area contributed by atoms with Gasteiger partial charge in [0, 0.05) is 12.7 Å². The molecule has 1 aromatic heterocycles. The molecule has 0 saturated carbocycles. The van der Waals surface area contributed by atoms with Gasteiger partial charge in [-0.2, -0.15) is 5.10 Å². The van der Waals surface area contributed by atoms with Gasteiger partial charge in [-0.05, 0) is 31.2 Å². The van der Waals surface area contributed by atoms with E-state index in [-0.39, 0.29) is 0 Å². The zero-order valence-electron chi connectivity index (χ0n) is 13.4. The second-order valence-corrected chi connectivity index (χ2v) is 5.85. The number of hydrogen-bond acceptors (Lipinski definition) is 1. The van der Waals surface area contributed by atoms with Crippen molar-refractivity contribution in [1.29, 1.82) is 0 Å². The van der Waals surface area contributed by atoms with Crippen LogP contribution in [0.2, 0.25) is 0 Å². The molecular weight excluding hydrogens is 232 g/mol. The fourth-order valence-electron chi connectivity index (χ4n) is 2.82. The van der Waals surface area contributed by atoms with Crippen LogP contribution in [0, 0.1) is 6.92 Å². The highest BCUT2D eigenvalue weighted by molar-refractivity contribution is 5.21. The van der Waals surface area contributed by atoms with Gasteiger partial charge in [-0.1, -0.05) is 58.8 Å². The maximum absolute atomic E-state index is 4.42. The van der Waals surface area contributed by atoms with Gasteiger partial charge in [0.1, 0.15) is 0 Å². The molecule has 0 saturated heterocycles. The molecule has 0 fully saturated rings. The summed E-state index contributed by atoms with van der Waals surface area (Å²) in [4.78, 5) is 0. The third-order valence-corrected chi connectivity index (χ3v) is 4.28. The number of hydrogen-bond donors (Lipinski definition) is 0. The maximum Gasteiger partial charge on any atom is 0.0527 e. The molecule has 2 nitrogen and oxygen atoms in total. The molecule has 0 aliphatic heterocycles. The van der Waals surface area contributed by atoms with E-state index in [4.69, 9.17) is 0 Å². The molecule has 0 radical (unpaired) electrons. The Labute approximate surface area is 119 Å². The molecule has 0 bridgehead atoms. The van der Waals surface area contributed by atoms with Gasteiger partial charge in [-0.25, -0.2) is 0 Å². The Bertz CT molecular complexity index is 341. The van der Waals surface area contributed by atoms with E-state index in [2.05, 4.69) is 39.1 Å². The van der Waals surface area contributed by atoms with Gasteiger partial charge >= 0.3 is 0 Å². The molecule has 1 unspecified atom stereocenters. The first kappa shape index (κ1) is 16.3. The Kier molecular flexibility index (Phi) is 7.85. The highest BCUT2D eigenvalue weighted by atomic mass is 15.3. The number of aryl methyl sites for hydroxylation is 1. The molecule has 0 aliphatic rings. The number of aromatic nitrogens is 2. The molecule has 0 amide bonds. The van der Waals surface area contributed by atoms with E-state index in [0.29, 0.717) is 0 Å². The second kappa shape index (κ2) is 9.17. The molecule has 1 atom stereocenters. The van der Waals surface area contributed by atoms with Crippen molar-refractivity contribution in [1.82, 2.24) is 9.78 Å². The Balaban J connectivity index is 2.49. The summed E-state index contributed by atoms with van der Waals surface area (Å²) in [7, 11) is 2.05. The van der Waals surface area contributed by atoms with Crippen molar-refractivity contribution in [3.05, 3.63) is 17.5 Å². The summed E-state index contributed by atoms with van der Waals surface area (Å²) in [5, 5.41) is 4.42. The van der Waals surface area contributed by atoms with E-state index in [0.717, 1.165) is 5.92 Å². The van der Waals surface area contributed by atoms with Crippen LogP contribution in [0.5, 0.6) is 0 Å². The van der Waals surface area contributed by atoms with Crippen LogP contribution in [0.3, 0.4) is 0 Å². The normalized spacial score (nSPS) is 12.8. The summed E-state index contributed by atoms with van der Waals surface area (Å²) in [6.45, 7) is 6.77. The SMILES string of the molecule is CCCCCCCC(CCCC)c1cnn(C)c1C. The molecular formula is C17H32N2. The van der Waals surface area contributed by atoms with Crippen LogP contribution in [-0.2, 0) is 7.05 Å². The third kappa shape index (κ3) is 5.38. The summed E-state index contributed by atoms with van der Waals surface area (Å²) >= 11 is 0. The Morgan fingerprint density at radius 2 is 1.63 bits per heavy atom. The minimum atomic E-state index is 0.732. The van der Waals surface area contributed by atoms with Gasteiger partial charge < -0.3 is 0 Å². The first-order valence-electron chi connectivity index (χ1n) is 8.19. The van der Waals surface area contributed by atoms with E-state index >= 15 is 0 Å². The first-order valence-corrected chi connectivity index (χ1v) is 8.19. The smallest absolute Gasteiger partial charge is 0.0527 e. The topological polar surface area (TPSA) is 17.8 Å². The Hall–Kier alpha value is -0.790. The van der Waals surface area contributed by atoms with Crippen LogP contribution >= 0.6 is 0 Å². The largest absolute Gasteiger partial charge is 0.273 e. The van der Waals surface area contributed by atoms with E-state index in [1.54, 1.807) is 0 Å². The van der Waals surface area contributed by atoms with Crippen molar-refractivity contribution in [3.8, 4) is 0 Å².